The number of carbonyl (C=O) groups excluding carboxylic acids is 3. The van der Waals surface area contributed by atoms with Crippen LogP contribution in [0.25, 0.3) is 6.08 Å². The van der Waals surface area contributed by atoms with Crippen LogP contribution < -0.4 is 14.8 Å². The van der Waals surface area contributed by atoms with Crippen LogP contribution >= 0.6 is 57.6 Å². The molecule has 190 valence electrons. The molecule has 3 aromatic rings. The lowest BCUT2D eigenvalue weighted by molar-refractivity contribution is -0.127. The third-order valence-electron chi connectivity index (χ3n) is 5.19. The predicted molar refractivity (Wildman–Crippen MR) is 154 cm³/mol. The van der Waals surface area contributed by atoms with Crippen LogP contribution in [0, 0.1) is 3.57 Å². The highest BCUT2D eigenvalue weighted by atomic mass is 127. The molecule has 0 atom stereocenters. The van der Waals surface area contributed by atoms with Gasteiger partial charge in [0.25, 0.3) is 11.1 Å². The Kier molecular flexibility index (Phi) is 9.01. The first-order valence-corrected chi connectivity index (χ1v) is 13.4. The maximum absolute atomic E-state index is 12.9. The van der Waals surface area contributed by atoms with Gasteiger partial charge in [0.05, 0.1) is 12.0 Å². The number of ether oxygens (including phenoxy) is 2. The molecule has 1 aliphatic heterocycles. The first-order valence-electron chi connectivity index (χ1n) is 10.8. The number of benzene rings is 3. The number of thioether (sulfide) groups is 1. The third-order valence-corrected chi connectivity index (χ3v) is 7.40. The van der Waals surface area contributed by atoms with Crippen molar-refractivity contribution in [1.82, 2.24) is 4.90 Å². The monoisotopic (exact) mass is 668 g/mol. The molecule has 0 bridgehead atoms. The van der Waals surface area contributed by atoms with Crippen LogP contribution in [-0.4, -0.2) is 35.6 Å². The van der Waals surface area contributed by atoms with Gasteiger partial charge in [-0.05, 0) is 94.5 Å². The molecule has 37 heavy (non-hydrogen) atoms. The number of hydrogen-bond donors (Lipinski definition) is 1. The van der Waals surface area contributed by atoms with Crippen LogP contribution in [0.5, 0.6) is 11.5 Å². The van der Waals surface area contributed by atoms with Crippen LogP contribution in [0.3, 0.4) is 0 Å². The molecule has 1 N–H and O–H groups in total. The van der Waals surface area contributed by atoms with Crippen molar-refractivity contribution < 1.29 is 23.9 Å². The molecule has 7 nitrogen and oxygen atoms in total. The Morgan fingerprint density at radius 3 is 2.51 bits per heavy atom. The minimum absolute atomic E-state index is 0.169. The number of methoxy groups -OCH3 is 1. The lowest BCUT2D eigenvalue weighted by Crippen LogP contribution is -2.36. The number of amides is 3. The number of anilines is 1. The van der Waals surface area contributed by atoms with Crippen molar-refractivity contribution >= 4 is 86.4 Å². The van der Waals surface area contributed by atoms with Crippen molar-refractivity contribution in [2.24, 2.45) is 0 Å². The quantitative estimate of drug-likeness (QED) is 0.209. The molecular weight excluding hydrogens is 650 g/mol. The van der Waals surface area contributed by atoms with Gasteiger partial charge < -0.3 is 14.8 Å². The molecule has 1 fully saturated rings. The van der Waals surface area contributed by atoms with Crippen molar-refractivity contribution in [3.05, 3.63) is 90.3 Å². The second-order valence-electron chi connectivity index (χ2n) is 7.76. The minimum Gasteiger partial charge on any atom is -0.493 e. The molecule has 0 saturated carbocycles. The zero-order valence-corrected chi connectivity index (χ0v) is 23.8. The van der Waals surface area contributed by atoms with E-state index in [0.29, 0.717) is 32.8 Å². The molecule has 1 saturated heterocycles. The Labute approximate surface area is 241 Å². The third kappa shape index (κ3) is 6.98. The topological polar surface area (TPSA) is 84.9 Å². The zero-order valence-electron chi connectivity index (χ0n) is 19.3. The molecule has 0 spiro atoms. The summed E-state index contributed by atoms with van der Waals surface area (Å²) < 4.78 is 12.3. The van der Waals surface area contributed by atoms with Gasteiger partial charge in [0, 0.05) is 24.9 Å². The van der Waals surface area contributed by atoms with E-state index < -0.39 is 17.1 Å². The van der Waals surface area contributed by atoms with Gasteiger partial charge in [0.2, 0.25) is 5.91 Å². The Hall–Kier alpha value is -2.73. The smallest absolute Gasteiger partial charge is 0.294 e. The summed E-state index contributed by atoms with van der Waals surface area (Å²) in [6, 6.07) is 17.4. The average Bonchev–Trinajstić information content (AvgIpc) is 3.12. The molecule has 0 unspecified atom stereocenters. The Bertz CT molecular complexity index is 1400. The predicted octanol–water partition coefficient (Wildman–Crippen LogP) is 6.86. The van der Waals surface area contributed by atoms with Crippen molar-refractivity contribution in [1.29, 1.82) is 0 Å². The number of nitrogens with zero attached hydrogens (tertiary/aromatic N) is 1. The van der Waals surface area contributed by atoms with E-state index in [1.165, 1.54) is 7.11 Å². The van der Waals surface area contributed by atoms with Crippen LogP contribution in [0.1, 0.15) is 11.1 Å². The molecule has 0 aliphatic carbocycles. The second kappa shape index (κ2) is 12.2. The van der Waals surface area contributed by atoms with E-state index in [2.05, 4.69) is 27.9 Å². The standard InChI is InChI=1S/C26H19Cl2IN2O5S/c1-35-21-9-2-15(10-22(21)36-14-16-3-4-17(27)12-20(16)28)11-23-25(33)31(26(34)37-23)13-24(32)30-19-7-5-18(29)6-8-19/h2-12H,13-14H2,1H3,(H,30,32)/b23-11-. The first kappa shape index (κ1) is 27.3. The summed E-state index contributed by atoms with van der Waals surface area (Å²) in [6.07, 6.45) is 1.57. The summed E-state index contributed by atoms with van der Waals surface area (Å²) in [5.74, 6) is -0.0919. The van der Waals surface area contributed by atoms with Gasteiger partial charge in [-0.1, -0.05) is 35.3 Å². The highest BCUT2D eigenvalue weighted by Gasteiger charge is 2.36. The molecule has 1 heterocycles. The van der Waals surface area contributed by atoms with E-state index in [9.17, 15) is 14.4 Å². The summed E-state index contributed by atoms with van der Waals surface area (Å²) in [5.41, 5.74) is 1.94. The highest BCUT2D eigenvalue weighted by molar-refractivity contribution is 14.1. The number of hydrogen-bond acceptors (Lipinski definition) is 6. The maximum atomic E-state index is 12.9. The van der Waals surface area contributed by atoms with Gasteiger partial charge in [-0.2, -0.15) is 0 Å². The second-order valence-corrected chi connectivity index (χ2v) is 10.8. The lowest BCUT2D eigenvalue weighted by atomic mass is 10.1. The van der Waals surface area contributed by atoms with Crippen molar-refractivity contribution in [3.8, 4) is 11.5 Å². The zero-order chi connectivity index (χ0) is 26.5. The largest absolute Gasteiger partial charge is 0.493 e. The summed E-state index contributed by atoms with van der Waals surface area (Å²) >= 11 is 15.1. The molecule has 1 aliphatic rings. The minimum atomic E-state index is -0.543. The number of imide groups is 1. The molecule has 0 radical (unpaired) electrons. The Balaban J connectivity index is 1.46. The fourth-order valence-corrected chi connectivity index (χ4v) is 5.02. The fraction of sp³-hybridized carbons (Fsp3) is 0.115. The SMILES string of the molecule is COc1ccc(/C=C2\SC(=O)N(CC(=O)Nc3ccc(I)cc3)C2=O)cc1OCc1ccc(Cl)cc1Cl. The first-order chi connectivity index (χ1) is 17.7. The number of halogens is 3. The van der Waals surface area contributed by atoms with E-state index in [1.54, 1.807) is 54.6 Å². The van der Waals surface area contributed by atoms with Crippen LogP contribution in [0.4, 0.5) is 10.5 Å². The molecule has 3 aromatic carbocycles. The molecular formula is C26H19Cl2IN2O5S. The Morgan fingerprint density at radius 1 is 1.05 bits per heavy atom. The average molecular weight is 669 g/mol. The molecule has 11 heteroatoms. The van der Waals surface area contributed by atoms with E-state index in [0.717, 1.165) is 25.8 Å². The van der Waals surface area contributed by atoms with Crippen molar-refractivity contribution in [2.75, 3.05) is 19.0 Å². The molecule has 3 amide bonds. The van der Waals surface area contributed by atoms with Crippen LogP contribution in [0.2, 0.25) is 10.0 Å². The van der Waals surface area contributed by atoms with E-state index >= 15 is 0 Å². The van der Waals surface area contributed by atoms with Crippen molar-refractivity contribution in [3.63, 3.8) is 0 Å². The van der Waals surface area contributed by atoms with E-state index in [1.807, 2.05) is 12.1 Å². The summed E-state index contributed by atoms with van der Waals surface area (Å²) in [7, 11) is 1.52. The van der Waals surface area contributed by atoms with Crippen LogP contribution in [0.15, 0.2) is 65.6 Å². The van der Waals surface area contributed by atoms with Gasteiger partial charge >= 0.3 is 0 Å². The van der Waals surface area contributed by atoms with E-state index in [4.69, 9.17) is 32.7 Å². The maximum Gasteiger partial charge on any atom is 0.294 e. The van der Waals surface area contributed by atoms with Crippen molar-refractivity contribution in [2.45, 2.75) is 6.61 Å². The number of carbonyl (C=O) groups is 3. The van der Waals surface area contributed by atoms with Gasteiger partial charge in [-0.25, -0.2) is 0 Å². The van der Waals surface area contributed by atoms with Crippen LogP contribution in [-0.2, 0) is 16.2 Å². The van der Waals surface area contributed by atoms with Gasteiger partial charge in [0.15, 0.2) is 11.5 Å². The summed E-state index contributed by atoms with van der Waals surface area (Å²) in [5, 5.41) is 3.17. The van der Waals surface area contributed by atoms with Gasteiger partial charge in [-0.15, -0.1) is 0 Å². The lowest BCUT2D eigenvalue weighted by Gasteiger charge is -2.13. The number of rotatable bonds is 8. The number of nitrogens with one attached hydrogen (secondary N) is 1. The normalized spacial score (nSPS) is 14.3. The summed E-state index contributed by atoms with van der Waals surface area (Å²) in [4.78, 5) is 38.9. The van der Waals surface area contributed by atoms with E-state index in [-0.39, 0.29) is 18.1 Å². The Morgan fingerprint density at radius 2 is 1.81 bits per heavy atom. The highest BCUT2D eigenvalue weighted by Crippen LogP contribution is 2.35. The van der Waals surface area contributed by atoms with Gasteiger partial charge in [-0.3, -0.25) is 19.3 Å². The van der Waals surface area contributed by atoms with Gasteiger partial charge in [0.1, 0.15) is 13.2 Å². The fourth-order valence-electron chi connectivity index (χ4n) is 3.36. The molecule has 0 aromatic heterocycles. The summed E-state index contributed by atoms with van der Waals surface area (Å²) in [6.45, 7) is -0.213. The molecule has 4 rings (SSSR count).